The Kier molecular flexibility index (Phi) is 31.8. The largest absolute Gasteiger partial charge is 0.478 e. The molecule has 0 spiro atoms. The smallest absolute Gasteiger partial charge is 0.327 e. The molecule has 0 amide bonds. The molecule has 0 bridgehead atoms. The van der Waals surface area contributed by atoms with Crippen molar-refractivity contribution in [2.75, 3.05) is 0 Å². The van der Waals surface area contributed by atoms with Gasteiger partial charge in [0.05, 0.1) is 0 Å². The molecule has 0 rings (SSSR count). The van der Waals surface area contributed by atoms with Crippen LogP contribution in [0.5, 0.6) is 0 Å². The number of aliphatic carboxylic acids is 1. The van der Waals surface area contributed by atoms with Crippen LogP contribution in [0, 0.1) is 0 Å². The topological polar surface area (TPSA) is 37.3 Å². The van der Waals surface area contributed by atoms with Crippen LogP contribution in [-0.2, 0) is 4.79 Å². The second-order valence-corrected chi connectivity index (χ2v) is 8.89. The molecule has 0 unspecified atom stereocenters. The lowest BCUT2D eigenvalue weighted by atomic mass is 10.0. The van der Waals surface area contributed by atoms with Gasteiger partial charge >= 0.3 is 5.97 Å². The minimum absolute atomic E-state index is 0.853. The van der Waals surface area contributed by atoms with Crippen LogP contribution in [0.3, 0.4) is 0 Å². The number of carboxylic acid groups (broad SMARTS) is 1. The van der Waals surface area contributed by atoms with E-state index in [9.17, 15) is 4.79 Å². The van der Waals surface area contributed by atoms with E-state index in [1.807, 2.05) is 6.92 Å². The predicted molar refractivity (Wildman–Crippen MR) is 135 cm³/mol. The Morgan fingerprint density at radius 2 is 0.767 bits per heavy atom. The van der Waals surface area contributed by atoms with E-state index < -0.39 is 5.97 Å². The molecule has 180 valence electrons. The van der Waals surface area contributed by atoms with Crippen molar-refractivity contribution in [1.29, 1.82) is 0 Å². The Labute approximate surface area is 190 Å². The highest BCUT2D eigenvalue weighted by Gasteiger charge is 1.94. The minimum atomic E-state index is -0.863. The molecule has 2 heteroatoms. The third-order valence-corrected chi connectivity index (χ3v) is 5.67. The molecule has 0 aromatic carbocycles. The number of unbranched alkanes of at least 4 members (excludes halogenated alkanes) is 20. The summed E-state index contributed by atoms with van der Waals surface area (Å²) in [6.45, 7) is 6.60. The quantitative estimate of drug-likeness (QED) is 0.139. The molecule has 0 aromatic rings. The molecular weight excluding hydrogens is 368 g/mol. The SMILES string of the molecule is CCCC=CC(=O)O.CCCCCCCCCCCCCCCCCCCCCC. The van der Waals surface area contributed by atoms with E-state index in [1.54, 1.807) is 6.08 Å². The van der Waals surface area contributed by atoms with Crippen molar-refractivity contribution in [3.8, 4) is 0 Å². The summed E-state index contributed by atoms with van der Waals surface area (Å²) in [4.78, 5) is 9.79. The highest BCUT2D eigenvalue weighted by Crippen LogP contribution is 2.14. The fraction of sp³-hybridized carbons (Fsp3) is 0.893. The molecule has 1 N–H and O–H groups in total. The number of rotatable bonds is 22. The van der Waals surface area contributed by atoms with Crippen LogP contribution < -0.4 is 0 Å². The zero-order chi connectivity index (χ0) is 22.5. The van der Waals surface area contributed by atoms with Gasteiger partial charge in [0.25, 0.3) is 0 Å². The first-order valence-electron chi connectivity index (χ1n) is 13.6. The average molecular weight is 425 g/mol. The molecule has 0 saturated heterocycles. The summed E-state index contributed by atoms with van der Waals surface area (Å²) in [5.74, 6) is -0.863. The van der Waals surface area contributed by atoms with Gasteiger partial charge in [0.2, 0.25) is 0 Å². The molecule has 0 heterocycles. The molecule has 0 fully saturated rings. The highest BCUT2D eigenvalue weighted by molar-refractivity contribution is 5.79. The standard InChI is InChI=1S/C22H46.C6H10O2/c1-3-5-7-9-11-13-15-17-19-21-22-20-18-16-14-12-10-8-6-4-2;1-2-3-4-5-6(7)8/h3-22H2,1-2H3;4-5H,2-3H2,1H3,(H,7,8). The minimum Gasteiger partial charge on any atom is -0.478 e. The molecule has 0 atom stereocenters. The Morgan fingerprint density at radius 3 is 0.967 bits per heavy atom. The molecule has 0 aromatic heterocycles. The molecule has 30 heavy (non-hydrogen) atoms. The van der Waals surface area contributed by atoms with Crippen molar-refractivity contribution in [2.24, 2.45) is 0 Å². The Balaban J connectivity index is 0. The summed E-state index contributed by atoms with van der Waals surface area (Å²) in [5, 5.41) is 8.05. The maximum absolute atomic E-state index is 9.79. The van der Waals surface area contributed by atoms with Crippen LogP contribution in [0.15, 0.2) is 12.2 Å². The van der Waals surface area contributed by atoms with Crippen LogP contribution in [0.1, 0.15) is 162 Å². The molecule has 2 nitrogen and oxygen atoms in total. The fourth-order valence-corrected chi connectivity index (χ4v) is 3.68. The third-order valence-electron chi connectivity index (χ3n) is 5.67. The number of allylic oxidation sites excluding steroid dienone is 1. The third kappa shape index (κ3) is 34.7. The Hall–Kier alpha value is -0.790. The molecule has 0 aliphatic heterocycles. The van der Waals surface area contributed by atoms with Gasteiger partial charge in [-0.25, -0.2) is 4.79 Å². The lowest BCUT2D eigenvalue weighted by Crippen LogP contribution is -1.84. The van der Waals surface area contributed by atoms with E-state index in [0.29, 0.717) is 0 Å². The Bertz CT molecular complexity index is 316. The van der Waals surface area contributed by atoms with Gasteiger partial charge < -0.3 is 5.11 Å². The summed E-state index contributed by atoms with van der Waals surface area (Å²) in [6.07, 6.45) is 34.1. The van der Waals surface area contributed by atoms with Crippen molar-refractivity contribution in [2.45, 2.75) is 162 Å². The van der Waals surface area contributed by atoms with Crippen LogP contribution in [-0.4, -0.2) is 11.1 Å². The van der Waals surface area contributed by atoms with Crippen LogP contribution in [0.2, 0.25) is 0 Å². The maximum Gasteiger partial charge on any atom is 0.327 e. The Morgan fingerprint density at radius 1 is 0.500 bits per heavy atom. The van der Waals surface area contributed by atoms with E-state index in [-0.39, 0.29) is 0 Å². The molecular formula is C28H56O2. The summed E-state index contributed by atoms with van der Waals surface area (Å²) in [6, 6.07) is 0. The van der Waals surface area contributed by atoms with Crippen molar-refractivity contribution in [1.82, 2.24) is 0 Å². The highest BCUT2D eigenvalue weighted by atomic mass is 16.4. The van der Waals surface area contributed by atoms with Crippen molar-refractivity contribution >= 4 is 5.97 Å². The molecule has 0 saturated carbocycles. The van der Waals surface area contributed by atoms with Gasteiger partial charge in [-0.1, -0.05) is 162 Å². The first-order chi connectivity index (χ1) is 14.7. The van der Waals surface area contributed by atoms with Gasteiger partial charge in [-0.05, 0) is 6.42 Å². The molecule has 0 aliphatic rings. The predicted octanol–water partition coefficient (Wildman–Crippen LogP) is 10.3. The second-order valence-electron chi connectivity index (χ2n) is 8.89. The van der Waals surface area contributed by atoms with Gasteiger partial charge in [0.15, 0.2) is 0 Å². The van der Waals surface area contributed by atoms with Crippen LogP contribution in [0.25, 0.3) is 0 Å². The summed E-state index contributed by atoms with van der Waals surface area (Å²) >= 11 is 0. The van der Waals surface area contributed by atoms with E-state index in [2.05, 4.69) is 13.8 Å². The van der Waals surface area contributed by atoms with Gasteiger partial charge in [-0.2, -0.15) is 0 Å². The number of hydrogen-bond acceptors (Lipinski definition) is 1. The maximum atomic E-state index is 9.79. The first kappa shape index (κ1) is 31.4. The lowest BCUT2D eigenvalue weighted by molar-refractivity contribution is -0.131. The van der Waals surface area contributed by atoms with Crippen LogP contribution >= 0.6 is 0 Å². The monoisotopic (exact) mass is 424 g/mol. The van der Waals surface area contributed by atoms with Gasteiger partial charge in [-0.3, -0.25) is 0 Å². The second kappa shape index (κ2) is 30.4. The summed E-state index contributed by atoms with van der Waals surface area (Å²) in [5.41, 5.74) is 0. The van der Waals surface area contributed by atoms with Gasteiger partial charge in [0, 0.05) is 6.08 Å². The molecule has 0 radical (unpaired) electrons. The zero-order valence-corrected chi connectivity index (χ0v) is 21.1. The van der Waals surface area contributed by atoms with E-state index >= 15 is 0 Å². The van der Waals surface area contributed by atoms with Crippen LogP contribution in [0.4, 0.5) is 0 Å². The molecule has 0 aliphatic carbocycles. The zero-order valence-electron chi connectivity index (χ0n) is 21.1. The average Bonchev–Trinajstić information content (AvgIpc) is 2.73. The lowest BCUT2D eigenvalue weighted by Gasteiger charge is -2.03. The van der Waals surface area contributed by atoms with Crippen molar-refractivity contribution in [3.05, 3.63) is 12.2 Å². The van der Waals surface area contributed by atoms with Gasteiger partial charge in [-0.15, -0.1) is 0 Å². The van der Waals surface area contributed by atoms with E-state index in [1.165, 1.54) is 134 Å². The number of carboxylic acids is 1. The fourth-order valence-electron chi connectivity index (χ4n) is 3.68. The van der Waals surface area contributed by atoms with E-state index in [0.717, 1.165) is 12.8 Å². The summed E-state index contributed by atoms with van der Waals surface area (Å²) < 4.78 is 0. The normalized spacial score (nSPS) is 10.9. The number of hydrogen-bond donors (Lipinski definition) is 1. The van der Waals surface area contributed by atoms with E-state index in [4.69, 9.17) is 5.11 Å². The van der Waals surface area contributed by atoms with Crippen molar-refractivity contribution < 1.29 is 9.90 Å². The van der Waals surface area contributed by atoms with Crippen molar-refractivity contribution in [3.63, 3.8) is 0 Å². The summed E-state index contributed by atoms with van der Waals surface area (Å²) in [7, 11) is 0. The van der Waals surface area contributed by atoms with Gasteiger partial charge in [0.1, 0.15) is 0 Å². The first-order valence-corrected chi connectivity index (χ1v) is 13.6. The number of carbonyl (C=O) groups is 1.